The zero-order valence-corrected chi connectivity index (χ0v) is 24.5. The van der Waals surface area contributed by atoms with Gasteiger partial charge in [-0.2, -0.15) is 13.2 Å². The molecule has 0 aliphatic carbocycles. The van der Waals surface area contributed by atoms with E-state index >= 15 is 0 Å². The minimum Gasteiger partial charge on any atom is -0.462 e. The fraction of sp³-hybridized carbons (Fsp3) is 0.343. The van der Waals surface area contributed by atoms with Gasteiger partial charge < -0.3 is 4.74 Å². The second kappa shape index (κ2) is 11.3. The van der Waals surface area contributed by atoms with Crippen molar-refractivity contribution in [3.63, 3.8) is 0 Å². The van der Waals surface area contributed by atoms with E-state index in [0.717, 1.165) is 50.9 Å². The number of rotatable bonds is 8. The number of aryl methyl sites for hydroxylation is 2. The summed E-state index contributed by atoms with van der Waals surface area (Å²) in [6, 6.07) is 15.6. The Kier molecular flexibility index (Phi) is 7.97. The Labute approximate surface area is 244 Å². The third-order valence-electron chi connectivity index (χ3n) is 8.19. The third-order valence-corrected chi connectivity index (χ3v) is 8.19. The Morgan fingerprint density at radius 1 is 1.00 bits per heavy atom. The lowest BCUT2D eigenvalue weighted by atomic mass is 9.71. The number of allylic oxidation sites excluding steroid dienone is 1. The molecule has 2 aliphatic rings. The Morgan fingerprint density at radius 2 is 1.71 bits per heavy atom. The highest BCUT2D eigenvalue weighted by atomic mass is 19.4. The summed E-state index contributed by atoms with van der Waals surface area (Å²) >= 11 is 0. The molecule has 0 N–H and O–H groups in total. The normalized spacial score (nSPS) is 18.4. The van der Waals surface area contributed by atoms with E-state index in [9.17, 15) is 18.0 Å². The van der Waals surface area contributed by atoms with Gasteiger partial charge in [0.05, 0.1) is 29.6 Å². The highest BCUT2D eigenvalue weighted by Gasteiger charge is 2.43. The van der Waals surface area contributed by atoms with Crippen molar-refractivity contribution in [1.29, 1.82) is 0 Å². The number of hydrogen-bond donors (Lipinski definition) is 0. The molecule has 0 saturated carbocycles. The van der Waals surface area contributed by atoms with Gasteiger partial charge in [-0.3, -0.25) is 9.98 Å². The number of aliphatic imine (C=N–C) groups is 1. The first-order valence-electron chi connectivity index (χ1n) is 14.3. The predicted molar refractivity (Wildman–Crippen MR) is 160 cm³/mol. The van der Waals surface area contributed by atoms with E-state index in [1.165, 1.54) is 6.07 Å². The van der Waals surface area contributed by atoms with Crippen molar-refractivity contribution in [2.24, 2.45) is 15.9 Å². The number of benzene rings is 3. The van der Waals surface area contributed by atoms with Gasteiger partial charge in [0.25, 0.3) is 0 Å². The largest absolute Gasteiger partial charge is 0.462 e. The number of esters is 1. The van der Waals surface area contributed by atoms with Crippen molar-refractivity contribution in [3.05, 3.63) is 105 Å². The SMILES string of the molecule is CCOC(=O)c1ccc([C@H](CC(C)C)[C@]2(C3=c4cc(-c5ccc(C(F)(F)F)cc5C)c(C)cc4=NC3)C=CC=N2)cc1. The fourth-order valence-corrected chi connectivity index (χ4v) is 6.19. The molecule has 42 heavy (non-hydrogen) atoms. The van der Waals surface area contributed by atoms with Gasteiger partial charge in [0.2, 0.25) is 0 Å². The lowest BCUT2D eigenvalue weighted by molar-refractivity contribution is -0.137. The van der Waals surface area contributed by atoms with Crippen LogP contribution in [0.4, 0.5) is 13.2 Å². The summed E-state index contributed by atoms with van der Waals surface area (Å²) in [7, 11) is 0. The molecule has 0 amide bonds. The first-order valence-corrected chi connectivity index (χ1v) is 14.3. The molecule has 2 heterocycles. The van der Waals surface area contributed by atoms with Crippen LogP contribution in [-0.2, 0) is 10.9 Å². The average Bonchev–Trinajstić information content (AvgIpc) is 3.59. The van der Waals surface area contributed by atoms with Crippen molar-refractivity contribution in [2.45, 2.75) is 58.7 Å². The number of nitrogens with zero attached hydrogens (tertiary/aromatic N) is 2. The van der Waals surface area contributed by atoms with Gasteiger partial charge in [0.15, 0.2) is 0 Å². The van der Waals surface area contributed by atoms with E-state index in [0.29, 0.717) is 30.2 Å². The van der Waals surface area contributed by atoms with Gasteiger partial charge in [-0.15, -0.1) is 0 Å². The summed E-state index contributed by atoms with van der Waals surface area (Å²) < 4.78 is 45.3. The fourth-order valence-electron chi connectivity index (χ4n) is 6.19. The second-order valence-electron chi connectivity index (χ2n) is 11.5. The molecule has 0 fully saturated rings. The lowest BCUT2D eigenvalue weighted by Crippen LogP contribution is -2.39. The van der Waals surface area contributed by atoms with E-state index in [4.69, 9.17) is 14.7 Å². The van der Waals surface area contributed by atoms with Crippen LogP contribution >= 0.6 is 0 Å². The average molecular weight is 573 g/mol. The van der Waals surface area contributed by atoms with Gasteiger partial charge in [0.1, 0.15) is 5.54 Å². The maximum Gasteiger partial charge on any atom is 0.416 e. The number of ether oxygens (including phenoxy) is 1. The maximum atomic E-state index is 13.4. The maximum absolute atomic E-state index is 13.4. The molecule has 2 aliphatic heterocycles. The summed E-state index contributed by atoms with van der Waals surface area (Å²) in [5.41, 5.74) is 4.46. The summed E-state index contributed by atoms with van der Waals surface area (Å²) in [4.78, 5) is 22.3. The number of fused-ring (bicyclic) bond motifs is 1. The van der Waals surface area contributed by atoms with Crippen molar-refractivity contribution >= 4 is 17.8 Å². The van der Waals surface area contributed by atoms with E-state index in [-0.39, 0.29) is 11.9 Å². The molecule has 2 atom stereocenters. The summed E-state index contributed by atoms with van der Waals surface area (Å²) in [6.45, 7) is 10.6. The summed E-state index contributed by atoms with van der Waals surface area (Å²) in [5, 5.41) is 1.84. The summed E-state index contributed by atoms with van der Waals surface area (Å²) in [5.74, 6) is -0.0163. The Hall–Kier alpha value is -4.00. The van der Waals surface area contributed by atoms with Crippen molar-refractivity contribution in [2.75, 3.05) is 13.2 Å². The molecular formula is C35H35F3N2O2. The van der Waals surface area contributed by atoms with Gasteiger partial charge in [-0.25, -0.2) is 4.79 Å². The van der Waals surface area contributed by atoms with Crippen LogP contribution in [-0.4, -0.2) is 30.9 Å². The number of halogens is 3. The topological polar surface area (TPSA) is 51.0 Å². The molecule has 0 spiro atoms. The quantitative estimate of drug-likeness (QED) is 0.269. The van der Waals surface area contributed by atoms with Crippen LogP contribution in [0.15, 0.2) is 76.7 Å². The zero-order valence-electron chi connectivity index (χ0n) is 24.5. The van der Waals surface area contributed by atoms with Crippen LogP contribution < -0.4 is 10.6 Å². The Morgan fingerprint density at radius 3 is 2.31 bits per heavy atom. The molecule has 0 radical (unpaired) electrons. The third kappa shape index (κ3) is 5.44. The lowest BCUT2D eigenvalue weighted by Gasteiger charge is -2.36. The van der Waals surface area contributed by atoms with Crippen LogP contribution in [0.5, 0.6) is 0 Å². The molecule has 0 bridgehead atoms. The van der Waals surface area contributed by atoms with Crippen LogP contribution in [0.3, 0.4) is 0 Å². The second-order valence-corrected chi connectivity index (χ2v) is 11.5. The molecule has 0 unspecified atom stereocenters. The number of carbonyl (C=O) groups is 1. The molecule has 3 aromatic carbocycles. The van der Waals surface area contributed by atoms with Crippen molar-refractivity contribution in [1.82, 2.24) is 0 Å². The Balaban J connectivity index is 1.67. The number of alkyl halides is 3. The molecular weight excluding hydrogens is 537 g/mol. The minimum atomic E-state index is -4.39. The smallest absolute Gasteiger partial charge is 0.416 e. The van der Waals surface area contributed by atoms with Gasteiger partial charge >= 0.3 is 12.1 Å². The molecule has 4 nitrogen and oxygen atoms in total. The minimum absolute atomic E-state index is 0.0301. The van der Waals surface area contributed by atoms with Crippen molar-refractivity contribution < 1.29 is 22.7 Å². The number of hydrogen-bond acceptors (Lipinski definition) is 4. The van der Waals surface area contributed by atoms with Gasteiger partial charge in [-0.05, 0) is 109 Å². The van der Waals surface area contributed by atoms with Gasteiger partial charge in [0, 0.05) is 17.4 Å². The van der Waals surface area contributed by atoms with Gasteiger partial charge in [-0.1, -0.05) is 38.1 Å². The van der Waals surface area contributed by atoms with Crippen LogP contribution in [0, 0.1) is 19.8 Å². The molecule has 218 valence electrons. The summed E-state index contributed by atoms with van der Waals surface area (Å²) in [6.07, 6.45) is 2.40. The van der Waals surface area contributed by atoms with E-state index in [1.54, 1.807) is 19.9 Å². The standard InChI is InChI=1S/C35H35F3N2O2/c1-6-42-33(41)25-10-8-24(9-11-25)30(16-21(2)3)34(14-7-15-40-34)31-20-39-32-18-23(5)28(19-29(31)32)27-13-12-26(17-22(27)4)35(36,37)38/h7-15,17-19,21,30H,6,16,20H2,1-5H3/t30-,34-/m0/s1. The first kappa shape index (κ1) is 29.5. The van der Waals surface area contributed by atoms with Crippen LogP contribution in [0.2, 0.25) is 0 Å². The van der Waals surface area contributed by atoms with Crippen molar-refractivity contribution in [3.8, 4) is 11.1 Å². The molecule has 5 rings (SSSR count). The van der Waals surface area contributed by atoms with E-state index in [2.05, 4.69) is 26.0 Å². The number of carbonyl (C=O) groups excluding carboxylic acids is 1. The Bertz CT molecular complexity index is 1690. The molecule has 0 aromatic heterocycles. The molecule has 3 aromatic rings. The first-order chi connectivity index (χ1) is 19.9. The monoisotopic (exact) mass is 572 g/mol. The predicted octanol–water partition coefficient (Wildman–Crippen LogP) is 7.16. The highest BCUT2D eigenvalue weighted by molar-refractivity contribution is 5.89. The highest BCUT2D eigenvalue weighted by Crippen LogP contribution is 2.45. The van der Waals surface area contributed by atoms with Crippen LogP contribution in [0.25, 0.3) is 16.7 Å². The van der Waals surface area contributed by atoms with E-state index in [1.807, 2.05) is 49.5 Å². The zero-order chi connectivity index (χ0) is 30.2. The molecule has 7 heteroatoms. The van der Waals surface area contributed by atoms with Crippen LogP contribution in [0.1, 0.15) is 65.7 Å². The van der Waals surface area contributed by atoms with E-state index < -0.39 is 17.3 Å². The molecule has 0 saturated heterocycles.